The quantitative estimate of drug-likeness (QED) is 0.450. The van der Waals surface area contributed by atoms with E-state index in [2.05, 4.69) is 20.9 Å². The highest BCUT2D eigenvalue weighted by atomic mass is 16.5. The van der Waals surface area contributed by atoms with Gasteiger partial charge in [0.2, 0.25) is 0 Å². The Bertz CT molecular complexity index is 978. The van der Waals surface area contributed by atoms with Gasteiger partial charge in [0.05, 0.1) is 0 Å². The summed E-state index contributed by atoms with van der Waals surface area (Å²) < 4.78 is 10.5. The maximum absolute atomic E-state index is 12.0. The lowest BCUT2D eigenvalue weighted by atomic mass is 10.1. The Labute approximate surface area is 191 Å². The zero-order valence-electron chi connectivity index (χ0n) is 18.0. The summed E-state index contributed by atoms with van der Waals surface area (Å²) in [5.41, 5.74) is 1.47. The first-order valence-electron chi connectivity index (χ1n) is 10.5. The predicted molar refractivity (Wildman–Crippen MR) is 120 cm³/mol. The van der Waals surface area contributed by atoms with Crippen molar-refractivity contribution in [3.8, 4) is 5.75 Å². The van der Waals surface area contributed by atoms with E-state index in [1.54, 1.807) is 36.4 Å². The standard InChI is InChI=1S/C23H26N4O6/c28-20(27-22-24-11-4-12-25-22)15-32-18-9-7-16(8-10-18)13-19(21(29)30)26-23(31)33-14-17-5-2-1-3-6-17/h1-3,5-10,19H,4,11-15H2,(H,26,31)(H,29,30)(H2,24,25,27,28). The summed E-state index contributed by atoms with van der Waals surface area (Å²) in [5.74, 6) is -0.617. The molecule has 0 aliphatic carbocycles. The summed E-state index contributed by atoms with van der Waals surface area (Å²) in [7, 11) is 0. The summed E-state index contributed by atoms with van der Waals surface area (Å²) >= 11 is 0. The van der Waals surface area contributed by atoms with E-state index in [1.165, 1.54) is 0 Å². The predicted octanol–water partition coefficient (Wildman–Crippen LogP) is 1.45. The summed E-state index contributed by atoms with van der Waals surface area (Å²) in [4.78, 5) is 39.7. The van der Waals surface area contributed by atoms with Crippen molar-refractivity contribution in [1.82, 2.24) is 16.0 Å². The fraction of sp³-hybridized carbons (Fsp3) is 0.304. The summed E-state index contributed by atoms with van der Waals surface area (Å²) in [5, 5.41) is 17.4. The van der Waals surface area contributed by atoms with Crippen molar-refractivity contribution >= 4 is 23.9 Å². The largest absolute Gasteiger partial charge is 0.484 e. The van der Waals surface area contributed by atoms with E-state index in [9.17, 15) is 19.5 Å². The molecule has 0 aromatic heterocycles. The van der Waals surface area contributed by atoms with E-state index in [-0.39, 0.29) is 25.5 Å². The lowest BCUT2D eigenvalue weighted by Gasteiger charge is -2.16. The molecule has 2 aromatic rings. The lowest BCUT2D eigenvalue weighted by Crippen LogP contribution is -2.45. The molecule has 0 spiro atoms. The van der Waals surface area contributed by atoms with E-state index in [4.69, 9.17) is 9.47 Å². The second-order valence-electron chi connectivity index (χ2n) is 7.29. The number of carbonyl (C=O) groups excluding carboxylic acids is 2. The number of alkyl carbamates (subject to hydrolysis) is 1. The van der Waals surface area contributed by atoms with E-state index >= 15 is 0 Å². The van der Waals surface area contributed by atoms with Crippen LogP contribution in [0.1, 0.15) is 17.5 Å². The van der Waals surface area contributed by atoms with Crippen LogP contribution in [0.4, 0.5) is 4.79 Å². The van der Waals surface area contributed by atoms with E-state index in [0.29, 0.717) is 23.8 Å². The third-order valence-corrected chi connectivity index (χ3v) is 4.69. The van der Waals surface area contributed by atoms with Crippen LogP contribution in [0, 0.1) is 0 Å². The Kier molecular flexibility index (Phi) is 8.63. The SMILES string of the molecule is O=C(COc1ccc(CC(NC(=O)OCc2ccccc2)C(=O)O)cc1)NC1=NCCCN1. The zero-order valence-corrected chi connectivity index (χ0v) is 18.0. The van der Waals surface area contributed by atoms with Gasteiger partial charge in [-0.05, 0) is 29.7 Å². The first-order valence-corrected chi connectivity index (χ1v) is 10.5. The molecule has 174 valence electrons. The Hall–Kier alpha value is -4.08. The van der Waals surface area contributed by atoms with Crippen LogP contribution in [0.15, 0.2) is 59.6 Å². The van der Waals surface area contributed by atoms with Crippen LogP contribution in [0.3, 0.4) is 0 Å². The minimum atomic E-state index is -1.18. The molecular formula is C23H26N4O6. The van der Waals surface area contributed by atoms with Crippen molar-refractivity contribution in [2.75, 3.05) is 19.7 Å². The van der Waals surface area contributed by atoms with Crippen LogP contribution < -0.4 is 20.7 Å². The van der Waals surface area contributed by atoms with Crippen LogP contribution in [-0.2, 0) is 27.4 Å². The molecule has 10 nitrogen and oxygen atoms in total. The van der Waals surface area contributed by atoms with Crippen LogP contribution >= 0.6 is 0 Å². The minimum Gasteiger partial charge on any atom is -0.484 e. The molecule has 1 heterocycles. The number of carboxylic acids is 1. The summed E-state index contributed by atoms with van der Waals surface area (Å²) in [6.45, 7) is 1.29. The highest BCUT2D eigenvalue weighted by molar-refractivity contribution is 5.97. The van der Waals surface area contributed by atoms with Gasteiger partial charge in [-0.15, -0.1) is 0 Å². The third kappa shape index (κ3) is 8.17. The molecule has 0 saturated carbocycles. The van der Waals surface area contributed by atoms with Crippen molar-refractivity contribution in [2.24, 2.45) is 4.99 Å². The number of aliphatic carboxylic acids is 1. The Morgan fingerprint density at radius 1 is 1.06 bits per heavy atom. The molecule has 2 amide bonds. The molecule has 1 atom stereocenters. The minimum absolute atomic E-state index is 0.0437. The van der Waals surface area contributed by atoms with Gasteiger partial charge < -0.3 is 25.2 Å². The van der Waals surface area contributed by atoms with Gasteiger partial charge in [-0.1, -0.05) is 42.5 Å². The normalized spacial score (nSPS) is 13.6. The number of guanidine groups is 1. The Morgan fingerprint density at radius 2 is 1.82 bits per heavy atom. The number of rotatable bonds is 9. The Morgan fingerprint density at radius 3 is 2.48 bits per heavy atom. The molecule has 0 radical (unpaired) electrons. The fourth-order valence-electron chi connectivity index (χ4n) is 3.00. The maximum Gasteiger partial charge on any atom is 0.408 e. The van der Waals surface area contributed by atoms with Crippen molar-refractivity contribution in [1.29, 1.82) is 0 Å². The average Bonchev–Trinajstić information content (AvgIpc) is 2.83. The third-order valence-electron chi connectivity index (χ3n) is 4.69. The van der Waals surface area contributed by atoms with Gasteiger partial charge in [0.25, 0.3) is 5.91 Å². The number of hydrogen-bond acceptors (Lipinski definition) is 7. The molecule has 1 aliphatic rings. The van der Waals surface area contributed by atoms with Gasteiger partial charge >= 0.3 is 12.1 Å². The van der Waals surface area contributed by atoms with E-state index in [0.717, 1.165) is 18.5 Å². The zero-order chi connectivity index (χ0) is 23.5. The van der Waals surface area contributed by atoms with Crippen molar-refractivity contribution in [3.05, 3.63) is 65.7 Å². The number of amides is 2. The maximum atomic E-state index is 12.0. The number of benzene rings is 2. The number of nitrogens with one attached hydrogen (secondary N) is 3. The fourth-order valence-corrected chi connectivity index (χ4v) is 3.00. The van der Waals surface area contributed by atoms with Gasteiger partial charge in [-0.2, -0.15) is 0 Å². The lowest BCUT2D eigenvalue weighted by molar-refractivity contribution is -0.139. The molecule has 0 bridgehead atoms. The topological polar surface area (TPSA) is 138 Å². The molecule has 2 aromatic carbocycles. The molecule has 1 unspecified atom stereocenters. The van der Waals surface area contributed by atoms with Crippen molar-refractivity contribution < 1.29 is 29.0 Å². The van der Waals surface area contributed by atoms with Gasteiger partial charge in [0, 0.05) is 19.5 Å². The molecule has 10 heteroatoms. The van der Waals surface area contributed by atoms with Gasteiger partial charge in [0.1, 0.15) is 18.4 Å². The van der Waals surface area contributed by atoms with Crippen LogP contribution in [0.25, 0.3) is 0 Å². The molecule has 4 N–H and O–H groups in total. The molecule has 0 fully saturated rings. The first kappa shape index (κ1) is 23.6. The number of nitrogens with zero attached hydrogens (tertiary/aromatic N) is 1. The number of aliphatic imine (C=N–C) groups is 1. The summed E-state index contributed by atoms with van der Waals surface area (Å²) in [6, 6.07) is 14.5. The first-order chi connectivity index (χ1) is 16.0. The smallest absolute Gasteiger partial charge is 0.408 e. The number of ether oxygens (including phenoxy) is 2. The van der Waals surface area contributed by atoms with Crippen LogP contribution in [-0.4, -0.2) is 54.8 Å². The summed E-state index contributed by atoms with van der Waals surface area (Å²) in [6.07, 6.45) is 0.173. The second kappa shape index (κ2) is 12.1. The molecule has 33 heavy (non-hydrogen) atoms. The monoisotopic (exact) mass is 454 g/mol. The highest BCUT2D eigenvalue weighted by Gasteiger charge is 2.21. The number of carbonyl (C=O) groups is 3. The molecular weight excluding hydrogens is 428 g/mol. The molecule has 3 rings (SSSR count). The second-order valence-corrected chi connectivity index (χ2v) is 7.29. The average molecular weight is 454 g/mol. The van der Waals surface area contributed by atoms with E-state index < -0.39 is 18.1 Å². The number of carboxylic acid groups (broad SMARTS) is 1. The van der Waals surface area contributed by atoms with Crippen molar-refractivity contribution in [3.63, 3.8) is 0 Å². The van der Waals surface area contributed by atoms with Crippen molar-refractivity contribution in [2.45, 2.75) is 25.5 Å². The van der Waals surface area contributed by atoms with E-state index in [1.807, 2.05) is 18.2 Å². The molecule has 0 saturated heterocycles. The Balaban J connectivity index is 1.45. The highest BCUT2D eigenvalue weighted by Crippen LogP contribution is 2.14. The van der Waals surface area contributed by atoms with Crippen LogP contribution in [0.5, 0.6) is 5.75 Å². The van der Waals surface area contributed by atoms with Gasteiger partial charge in [-0.3, -0.25) is 15.1 Å². The number of hydrogen-bond donors (Lipinski definition) is 4. The molecule has 1 aliphatic heterocycles. The van der Waals surface area contributed by atoms with Gasteiger partial charge in [-0.25, -0.2) is 9.59 Å². The van der Waals surface area contributed by atoms with Crippen LogP contribution in [0.2, 0.25) is 0 Å². The van der Waals surface area contributed by atoms with Gasteiger partial charge in [0.15, 0.2) is 12.6 Å².